The van der Waals surface area contributed by atoms with Gasteiger partial charge in [0.15, 0.2) is 11.6 Å². The third-order valence-electron chi connectivity index (χ3n) is 3.27. The molecule has 1 nitrogen and oxygen atoms in total. The second kappa shape index (κ2) is 5.92. The van der Waals surface area contributed by atoms with Crippen molar-refractivity contribution in [2.24, 2.45) is 0 Å². The summed E-state index contributed by atoms with van der Waals surface area (Å²) in [5.74, 6) is -1.61. The fourth-order valence-electron chi connectivity index (χ4n) is 2.21. The molecule has 4 heteroatoms. The number of aryl methyl sites for hydroxylation is 2. The highest BCUT2D eigenvalue weighted by Gasteiger charge is 2.14. The molecule has 0 aliphatic carbocycles. The van der Waals surface area contributed by atoms with E-state index in [0.717, 1.165) is 27.4 Å². The van der Waals surface area contributed by atoms with Crippen LogP contribution in [0.25, 0.3) is 0 Å². The van der Waals surface area contributed by atoms with Gasteiger partial charge in [-0.15, -0.1) is 0 Å². The van der Waals surface area contributed by atoms with Gasteiger partial charge < -0.3 is 5.32 Å². The van der Waals surface area contributed by atoms with Gasteiger partial charge in [-0.05, 0) is 50.1 Å². The molecule has 0 radical (unpaired) electrons. The van der Waals surface area contributed by atoms with E-state index in [9.17, 15) is 8.78 Å². The number of benzene rings is 2. The topological polar surface area (TPSA) is 12.0 Å². The monoisotopic (exact) mass is 339 g/mol. The Bertz CT molecular complexity index is 617. The average Bonchev–Trinajstić information content (AvgIpc) is 2.39. The molecule has 20 heavy (non-hydrogen) atoms. The standard InChI is InChI=1S/C16H16BrF2N/c1-9-7-12(8-10(2)15(9)17)20-11(3)13-5-4-6-14(18)16(13)19/h4-8,11,20H,1-3H3. The number of hydrogen-bond acceptors (Lipinski definition) is 1. The smallest absolute Gasteiger partial charge is 0.164 e. The lowest BCUT2D eigenvalue weighted by Gasteiger charge is -2.18. The molecule has 2 aromatic rings. The van der Waals surface area contributed by atoms with Gasteiger partial charge in [-0.1, -0.05) is 28.1 Å². The molecule has 0 aliphatic rings. The number of rotatable bonds is 3. The maximum absolute atomic E-state index is 13.8. The molecular weight excluding hydrogens is 324 g/mol. The summed E-state index contributed by atoms with van der Waals surface area (Å²) < 4.78 is 28.1. The fourth-order valence-corrected chi connectivity index (χ4v) is 2.44. The van der Waals surface area contributed by atoms with Crippen LogP contribution in [0, 0.1) is 25.5 Å². The largest absolute Gasteiger partial charge is 0.378 e. The van der Waals surface area contributed by atoms with Crippen LogP contribution in [0.2, 0.25) is 0 Å². The Balaban J connectivity index is 2.28. The summed E-state index contributed by atoms with van der Waals surface area (Å²) in [5.41, 5.74) is 3.40. The molecular formula is C16H16BrF2N. The lowest BCUT2D eigenvalue weighted by atomic mass is 10.1. The number of nitrogens with one attached hydrogen (secondary N) is 1. The summed E-state index contributed by atoms with van der Waals surface area (Å²) in [6, 6.07) is 7.87. The Hall–Kier alpha value is -1.42. The van der Waals surface area contributed by atoms with Crippen LogP contribution >= 0.6 is 15.9 Å². The summed E-state index contributed by atoms with van der Waals surface area (Å²) in [4.78, 5) is 0. The van der Waals surface area contributed by atoms with E-state index in [0.29, 0.717) is 5.56 Å². The molecule has 0 saturated carbocycles. The molecule has 0 aromatic heterocycles. The van der Waals surface area contributed by atoms with Crippen molar-refractivity contribution in [2.45, 2.75) is 26.8 Å². The van der Waals surface area contributed by atoms with Gasteiger partial charge in [0.1, 0.15) is 0 Å². The Kier molecular flexibility index (Phi) is 4.43. The van der Waals surface area contributed by atoms with E-state index >= 15 is 0 Å². The van der Waals surface area contributed by atoms with Crippen molar-refractivity contribution >= 4 is 21.6 Å². The molecule has 1 atom stereocenters. The zero-order valence-corrected chi connectivity index (χ0v) is 13.2. The zero-order chi connectivity index (χ0) is 14.9. The molecule has 2 aromatic carbocycles. The third kappa shape index (κ3) is 3.01. The fraction of sp³-hybridized carbons (Fsp3) is 0.250. The maximum atomic E-state index is 13.8. The first-order valence-electron chi connectivity index (χ1n) is 6.37. The van der Waals surface area contributed by atoms with Gasteiger partial charge in [0.25, 0.3) is 0 Å². The molecule has 0 amide bonds. The second-order valence-electron chi connectivity index (χ2n) is 4.93. The van der Waals surface area contributed by atoms with Crippen LogP contribution in [0.3, 0.4) is 0 Å². The first kappa shape index (κ1) is 15.0. The lowest BCUT2D eigenvalue weighted by Crippen LogP contribution is -2.10. The van der Waals surface area contributed by atoms with E-state index in [1.807, 2.05) is 32.9 Å². The normalized spacial score (nSPS) is 12.3. The van der Waals surface area contributed by atoms with Gasteiger partial charge in [-0.3, -0.25) is 0 Å². The van der Waals surface area contributed by atoms with E-state index in [-0.39, 0.29) is 6.04 Å². The summed E-state index contributed by atoms with van der Waals surface area (Å²) >= 11 is 3.51. The Labute approximate surface area is 126 Å². The minimum absolute atomic E-state index is 0.314. The molecule has 0 fully saturated rings. The lowest BCUT2D eigenvalue weighted by molar-refractivity contribution is 0.494. The highest BCUT2D eigenvalue weighted by molar-refractivity contribution is 9.10. The second-order valence-corrected chi connectivity index (χ2v) is 5.73. The van der Waals surface area contributed by atoms with E-state index in [1.165, 1.54) is 6.07 Å². The summed E-state index contributed by atoms with van der Waals surface area (Å²) in [6.45, 7) is 5.80. The summed E-state index contributed by atoms with van der Waals surface area (Å²) in [6.07, 6.45) is 0. The van der Waals surface area contributed by atoms with E-state index in [2.05, 4.69) is 21.2 Å². The van der Waals surface area contributed by atoms with Crippen molar-refractivity contribution < 1.29 is 8.78 Å². The van der Waals surface area contributed by atoms with Crippen molar-refractivity contribution in [1.29, 1.82) is 0 Å². The minimum Gasteiger partial charge on any atom is -0.378 e. The molecule has 1 unspecified atom stereocenters. The third-order valence-corrected chi connectivity index (χ3v) is 4.52. The van der Waals surface area contributed by atoms with E-state index in [4.69, 9.17) is 0 Å². The van der Waals surface area contributed by atoms with Crippen molar-refractivity contribution in [3.8, 4) is 0 Å². The molecule has 1 N–H and O–H groups in total. The van der Waals surface area contributed by atoms with Crippen LogP contribution < -0.4 is 5.32 Å². The molecule has 0 aliphatic heterocycles. The molecule has 2 rings (SSSR count). The minimum atomic E-state index is -0.820. The van der Waals surface area contributed by atoms with Crippen LogP contribution in [0.4, 0.5) is 14.5 Å². The zero-order valence-electron chi connectivity index (χ0n) is 11.6. The van der Waals surface area contributed by atoms with E-state index < -0.39 is 11.6 Å². The molecule has 0 heterocycles. The summed E-state index contributed by atoms with van der Waals surface area (Å²) in [7, 11) is 0. The van der Waals surface area contributed by atoms with Crippen molar-refractivity contribution in [3.05, 3.63) is 63.1 Å². The van der Waals surface area contributed by atoms with Gasteiger partial charge in [-0.25, -0.2) is 8.78 Å². The van der Waals surface area contributed by atoms with Crippen LogP contribution in [0.1, 0.15) is 29.7 Å². The van der Waals surface area contributed by atoms with Gasteiger partial charge >= 0.3 is 0 Å². The molecule has 0 bridgehead atoms. The molecule has 0 spiro atoms. The van der Waals surface area contributed by atoms with Crippen LogP contribution in [-0.2, 0) is 0 Å². The number of hydrogen-bond donors (Lipinski definition) is 1. The van der Waals surface area contributed by atoms with Crippen LogP contribution in [-0.4, -0.2) is 0 Å². The van der Waals surface area contributed by atoms with Crippen molar-refractivity contribution in [3.63, 3.8) is 0 Å². The van der Waals surface area contributed by atoms with Crippen LogP contribution in [0.15, 0.2) is 34.8 Å². The molecule has 0 saturated heterocycles. The van der Waals surface area contributed by atoms with Gasteiger partial charge in [0.2, 0.25) is 0 Å². The first-order chi connectivity index (χ1) is 9.40. The Morgan fingerprint density at radius 1 is 1.10 bits per heavy atom. The van der Waals surface area contributed by atoms with Crippen molar-refractivity contribution in [2.75, 3.05) is 5.32 Å². The highest BCUT2D eigenvalue weighted by atomic mass is 79.9. The Morgan fingerprint density at radius 3 is 2.30 bits per heavy atom. The predicted octanol–water partition coefficient (Wildman–Crippen LogP) is 5.52. The number of halogens is 3. The molecule has 106 valence electrons. The quantitative estimate of drug-likeness (QED) is 0.776. The van der Waals surface area contributed by atoms with E-state index in [1.54, 1.807) is 6.07 Å². The van der Waals surface area contributed by atoms with Gasteiger partial charge in [0.05, 0.1) is 6.04 Å². The highest BCUT2D eigenvalue weighted by Crippen LogP contribution is 2.28. The van der Waals surface area contributed by atoms with Crippen LogP contribution in [0.5, 0.6) is 0 Å². The van der Waals surface area contributed by atoms with Gasteiger partial charge in [-0.2, -0.15) is 0 Å². The first-order valence-corrected chi connectivity index (χ1v) is 7.16. The average molecular weight is 340 g/mol. The predicted molar refractivity (Wildman–Crippen MR) is 82.0 cm³/mol. The number of anilines is 1. The maximum Gasteiger partial charge on any atom is 0.164 e. The Morgan fingerprint density at radius 2 is 1.70 bits per heavy atom. The SMILES string of the molecule is Cc1cc(NC(C)c2cccc(F)c2F)cc(C)c1Br. The van der Waals surface area contributed by atoms with Gasteiger partial charge in [0, 0.05) is 15.7 Å². The van der Waals surface area contributed by atoms with Crippen molar-refractivity contribution in [1.82, 2.24) is 0 Å². The summed E-state index contributed by atoms with van der Waals surface area (Å²) in [5, 5.41) is 3.21.